The number of ether oxygens (including phenoxy) is 2. The molecule has 10 nitrogen and oxygen atoms in total. The number of hydrogen-bond donors (Lipinski definition) is 1. The lowest BCUT2D eigenvalue weighted by Crippen LogP contribution is -2.10. The van der Waals surface area contributed by atoms with Crippen molar-refractivity contribution in [3.8, 4) is 11.5 Å². The molecule has 0 unspecified atom stereocenters. The number of carbonyl (C=O) groups excluding carboxylic acids is 1. The topological polar surface area (TPSA) is 142 Å². The lowest BCUT2D eigenvalue weighted by molar-refractivity contribution is -0.384. The molecule has 0 aromatic heterocycles. The highest BCUT2D eigenvalue weighted by Gasteiger charge is 2.10. The molecular formula is C14H11NO9S. The Kier molecular flexibility index (Phi) is 5.52. The molecule has 2 rings (SSSR count). The summed E-state index contributed by atoms with van der Waals surface area (Å²) in [5.74, 6) is -0.0350. The van der Waals surface area contributed by atoms with Crippen LogP contribution in [0.5, 0.6) is 11.5 Å². The highest BCUT2D eigenvalue weighted by molar-refractivity contribution is 7.81. The Morgan fingerprint density at radius 1 is 1.04 bits per heavy atom. The Hall–Kier alpha value is -3.18. The molecule has 0 aliphatic carbocycles. The molecule has 0 saturated carbocycles. The summed E-state index contributed by atoms with van der Waals surface area (Å²) in [5.41, 5.74) is 0.358. The van der Waals surface area contributed by atoms with E-state index in [2.05, 4.69) is 4.18 Å². The molecule has 11 heteroatoms. The maximum Gasteiger partial charge on any atom is 0.514 e. The van der Waals surface area contributed by atoms with Gasteiger partial charge in [-0.1, -0.05) is 12.1 Å². The molecule has 0 heterocycles. The number of nitro groups is 1. The lowest BCUT2D eigenvalue weighted by atomic mass is 10.2. The second-order valence-corrected chi connectivity index (χ2v) is 5.57. The average molecular weight is 369 g/mol. The standard InChI is InChI=1S/C14H11NO9S/c16-14(23-12-7-3-11(4-8-12)15(17)18)22-9-10-1-5-13(6-2-10)24-25(19,20)21/h1-8H,9H2,(H,19,20,21). The molecule has 2 aromatic rings. The van der Waals surface area contributed by atoms with Crippen molar-refractivity contribution in [1.82, 2.24) is 0 Å². The highest BCUT2D eigenvalue weighted by Crippen LogP contribution is 2.18. The molecule has 1 N–H and O–H groups in total. The minimum Gasteiger partial charge on any atom is -0.429 e. The van der Waals surface area contributed by atoms with Crippen LogP contribution in [0.4, 0.5) is 10.5 Å². The highest BCUT2D eigenvalue weighted by atomic mass is 32.3. The third-order valence-electron chi connectivity index (χ3n) is 2.73. The van der Waals surface area contributed by atoms with Crippen LogP contribution in [0.2, 0.25) is 0 Å². The normalized spacial score (nSPS) is 10.8. The molecular weight excluding hydrogens is 358 g/mol. The van der Waals surface area contributed by atoms with Crippen LogP contribution >= 0.6 is 0 Å². The van der Waals surface area contributed by atoms with Crippen LogP contribution in [-0.4, -0.2) is 24.0 Å². The van der Waals surface area contributed by atoms with Gasteiger partial charge in [-0.15, -0.1) is 0 Å². The van der Waals surface area contributed by atoms with E-state index in [9.17, 15) is 23.3 Å². The fourth-order valence-corrected chi connectivity index (χ4v) is 2.02. The summed E-state index contributed by atoms with van der Waals surface area (Å²) >= 11 is 0. The number of rotatable bonds is 6. The minimum atomic E-state index is -4.61. The molecule has 0 radical (unpaired) electrons. The van der Waals surface area contributed by atoms with Gasteiger partial charge >= 0.3 is 16.6 Å². The van der Waals surface area contributed by atoms with Gasteiger partial charge < -0.3 is 13.7 Å². The predicted octanol–water partition coefficient (Wildman–Crippen LogP) is 2.49. The summed E-state index contributed by atoms with van der Waals surface area (Å²) in [5, 5.41) is 10.5. The summed E-state index contributed by atoms with van der Waals surface area (Å²) in [6.07, 6.45) is -1.02. The molecule has 0 fully saturated rings. The second kappa shape index (κ2) is 7.59. The molecule has 0 bridgehead atoms. The summed E-state index contributed by atoms with van der Waals surface area (Å²) < 4.78 is 43.5. The number of nitrogens with zero attached hydrogens (tertiary/aromatic N) is 1. The van der Waals surface area contributed by atoms with Crippen molar-refractivity contribution >= 4 is 22.2 Å². The van der Waals surface area contributed by atoms with E-state index in [0.717, 1.165) is 0 Å². The fourth-order valence-electron chi connectivity index (χ4n) is 1.67. The van der Waals surface area contributed by atoms with Gasteiger partial charge in [0.2, 0.25) is 0 Å². The Bertz CT molecular complexity index is 860. The molecule has 0 spiro atoms. The number of nitro benzene ring substituents is 1. The zero-order chi connectivity index (χ0) is 18.4. The zero-order valence-corrected chi connectivity index (χ0v) is 13.2. The number of hydrogen-bond acceptors (Lipinski definition) is 8. The van der Waals surface area contributed by atoms with Crippen molar-refractivity contribution in [2.75, 3.05) is 0 Å². The molecule has 132 valence electrons. The monoisotopic (exact) mass is 369 g/mol. The SMILES string of the molecule is O=C(OCc1ccc(OS(=O)(=O)O)cc1)Oc1ccc([N+](=O)[O-])cc1. The van der Waals surface area contributed by atoms with Crippen molar-refractivity contribution in [2.45, 2.75) is 6.61 Å². The molecule has 0 amide bonds. The third kappa shape index (κ3) is 6.08. The Balaban J connectivity index is 1.86. The Morgan fingerprint density at radius 3 is 2.12 bits per heavy atom. The minimum absolute atomic E-state index is 0.0764. The van der Waals surface area contributed by atoms with E-state index in [-0.39, 0.29) is 23.8 Å². The Morgan fingerprint density at radius 2 is 1.60 bits per heavy atom. The zero-order valence-electron chi connectivity index (χ0n) is 12.4. The first-order chi connectivity index (χ1) is 11.7. The van der Waals surface area contributed by atoms with Crippen molar-refractivity contribution < 1.29 is 36.3 Å². The van der Waals surface area contributed by atoms with Gasteiger partial charge in [-0.3, -0.25) is 14.7 Å². The number of carbonyl (C=O) groups is 1. The van der Waals surface area contributed by atoms with Crippen LogP contribution in [0.25, 0.3) is 0 Å². The van der Waals surface area contributed by atoms with Gasteiger partial charge in [-0.25, -0.2) is 4.79 Å². The summed E-state index contributed by atoms with van der Waals surface area (Å²) in [7, 11) is -4.61. The molecule has 2 aromatic carbocycles. The van der Waals surface area contributed by atoms with E-state index >= 15 is 0 Å². The summed E-state index contributed by atoms with van der Waals surface area (Å²) in [6, 6.07) is 10.2. The third-order valence-corrected chi connectivity index (χ3v) is 3.13. The molecule has 0 saturated heterocycles. The van der Waals surface area contributed by atoms with E-state index < -0.39 is 21.5 Å². The lowest BCUT2D eigenvalue weighted by Gasteiger charge is -2.06. The first kappa shape index (κ1) is 18.2. The maximum atomic E-state index is 11.5. The van der Waals surface area contributed by atoms with Crippen LogP contribution in [-0.2, 0) is 21.7 Å². The van der Waals surface area contributed by atoms with Crippen LogP contribution in [0.3, 0.4) is 0 Å². The summed E-state index contributed by atoms with van der Waals surface area (Å²) in [4.78, 5) is 21.5. The van der Waals surface area contributed by atoms with Crippen LogP contribution in [0, 0.1) is 10.1 Å². The smallest absolute Gasteiger partial charge is 0.429 e. The fraction of sp³-hybridized carbons (Fsp3) is 0.0714. The van der Waals surface area contributed by atoms with E-state index in [1.807, 2.05) is 0 Å². The maximum absolute atomic E-state index is 11.5. The molecule has 0 aliphatic rings. The first-order valence-electron chi connectivity index (χ1n) is 6.58. The average Bonchev–Trinajstić information content (AvgIpc) is 2.53. The Labute approximate surface area is 141 Å². The van der Waals surface area contributed by atoms with Gasteiger partial charge in [0.25, 0.3) is 5.69 Å². The van der Waals surface area contributed by atoms with Crippen molar-refractivity contribution in [3.63, 3.8) is 0 Å². The van der Waals surface area contributed by atoms with Gasteiger partial charge in [-0.05, 0) is 29.8 Å². The summed E-state index contributed by atoms with van der Waals surface area (Å²) in [6.45, 7) is -0.169. The van der Waals surface area contributed by atoms with Crippen LogP contribution in [0.15, 0.2) is 48.5 Å². The second-order valence-electron chi connectivity index (χ2n) is 4.55. The van der Waals surface area contributed by atoms with E-state index in [1.54, 1.807) is 0 Å². The van der Waals surface area contributed by atoms with Gasteiger partial charge in [0, 0.05) is 12.1 Å². The molecule has 25 heavy (non-hydrogen) atoms. The number of non-ortho nitro benzene ring substituents is 1. The van der Waals surface area contributed by atoms with E-state index in [0.29, 0.717) is 5.56 Å². The van der Waals surface area contributed by atoms with Gasteiger partial charge in [0.15, 0.2) is 0 Å². The van der Waals surface area contributed by atoms with Gasteiger partial charge in [-0.2, -0.15) is 8.42 Å². The molecule has 0 atom stereocenters. The molecule has 0 aliphatic heterocycles. The van der Waals surface area contributed by atoms with E-state index in [4.69, 9.17) is 14.0 Å². The quantitative estimate of drug-likeness (QED) is 0.267. The largest absolute Gasteiger partial charge is 0.514 e. The predicted molar refractivity (Wildman–Crippen MR) is 82.5 cm³/mol. The van der Waals surface area contributed by atoms with E-state index in [1.165, 1.54) is 48.5 Å². The van der Waals surface area contributed by atoms with Gasteiger partial charge in [0.1, 0.15) is 18.1 Å². The van der Waals surface area contributed by atoms with Crippen molar-refractivity contribution in [2.24, 2.45) is 0 Å². The first-order valence-corrected chi connectivity index (χ1v) is 7.94. The number of benzene rings is 2. The van der Waals surface area contributed by atoms with Crippen LogP contribution in [0.1, 0.15) is 5.56 Å². The van der Waals surface area contributed by atoms with Crippen molar-refractivity contribution in [1.29, 1.82) is 0 Å². The van der Waals surface area contributed by atoms with Gasteiger partial charge in [0.05, 0.1) is 4.92 Å². The van der Waals surface area contributed by atoms with Crippen molar-refractivity contribution in [3.05, 3.63) is 64.2 Å². The van der Waals surface area contributed by atoms with Crippen LogP contribution < -0.4 is 8.92 Å².